The van der Waals surface area contributed by atoms with Gasteiger partial charge in [0.05, 0.1) is 0 Å². The number of hydrogen-bond acceptors (Lipinski definition) is 1. The molecule has 0 saturated heterocycles. The number of hydrogen-bond donors (Lipinski definition) is 1. The minimum absolute atomic E-state index is 0.951. The van der Waals surface area contributed by atoms with Gasteiger partial charge in [-0.15, -0.1) is 0 Å². The fourth-order valence-electron chi connectivity index (χ4n) is 2.57. The molecule has 0 aromatic heterocycles. The van der Waals surface area contributed by atoms with Crippen LogP contribution >= 0.6 is 0 Å². The van der Waals surface area contributed by atoms with Crippen LogP contribution in [0, 0.1) is 6.92 Å². The Kier molecular flexibility index (Phi) is 5.37. The lowest BCUT2D eigenvalue weighted by molar-refractivity contribution is 0.726. The third-order valence-electron chi connectivity index (χ3n) is 3.67. The fourth-order valence-corrected chi connectivity index (χ4v) is 2.57. The summed E-state index contributed by atoms with van der Waals surface area (Å²) in [6, 6.07) is 15.8. The van der Waals surface area contributed by atoms with Crippen molar-refractivity contribution >= 4 is 0 Å². The molecule has 2 aromatic rings. The molecule has 0 unspecified atom stereocenters. The molecule has 0 heterocycles. The summed E-state index contributed by atoms with van der Waals surface area (Å²) in [4.78, 5) is 0. The maximum Gasteiger partial charge on any atom is 0.0205 e. The monoisotopic (exact) mass is 267 g/mol. The Balaban J connectivity index is 2.19. The van der Waals surface area contributed by atoms with E-state index in [1.54, 1.807) is 0 Å². The van der Waals surface area contributed by atoms with E-state index in [2.05, 4.69) is 68.6 Å². The zero-order valence-corrected chi connectivity index (χ0v) is 12.9. The second kappa shape index (κ2) is 7.25. The van der Waals surface area contributed by atoms with Gasteiger partial charge in [-0.3, -0.25) is 0 Å². The van der Waals surface area contributed by atoms with Gasteiger partial charge in [-0.1, -0.05) is 62.7 Å². The van der Waals surface area contributed by atoms with Gasteiger partial charge in [-0.05, 0) is 47.7 Å². The number of rotatable bonds is 6. The van der Waals surface area contributed by atoms with Crippen molar-refractivity contribution in [1.82, 2.24) is 5.32 Å². The Hall–Kier alpha value is -1.60. The molecule has 0 saturated carbocycles. The highest BCUT2D eigenvalue weighted by molar-refractivity contribution is 5.67. The Morgan fingerprint density at radius 1 is 0.900 bits per heavy atom. The van der Waals surface area contributed by atoms with Crippen molar-refractivity contribution in [3.05, 3.63) is 59.2 Å². The first-order valence-electron chi connectivity index (χ1n) is 7.64. The first kappa shape index (κ1) is 14.8. The van der Waals surface area contributed by atoms with Gasteiger partial charge in [-0.25, -0.2) is 0 Å². The molecule has 0 aliphatic rings. The summed E-state index contributed by atoms with van der Waals surface area (Å²) in [6.07, 6.45) is 2.37. The quantitative estimate of drug-likeness (QED) is 0.798. The summed E-state index contributed by atoms with van der Waals surface area (Å²) in [6.45, 7) is 8.53. The Morgan fingerprint density at radius 3 is 2.20 bits per heavy atom. The van der Waals surface area contributed by atoms with Crippen molar-refractivity contribution in [3.8, 4) is 11.1 Å². The summed E-state index contributed by atoms with van der Waals surface area (Å²) in [5.74, 6) is 0. The predicted octanol–water partition coefficient (Wildman–Crippen LogP) is 4.72. The van der Waals surface area contributed by atoms with Gasteiger partial charge in [-0.2, -0.15) is 0 Å². The molecular formula is C19H25N. The second-order valence-electron chi connectivity index (χ2n) is 5.38. The van der Waals surface area contributed by atoms with Crippen molar-refractivity contribution in [2.45, 2.75) is 40.2 Å². The molecular weight excluding hydrogens is 242 g/mol. The van der Waals surface area contributed by atoms with Crippen molar-refractivity contribution in [1.29, 1.82) is 0 Å². The van der Waals surface area contributed by atoms with Crippen LogP contribution < -0.4 is 5.32 Å². The zero-order valence-electron chi connectivity index (χ0n) is 12.9. The summed E-state index contributed by atoms with van der Waals surface area (Å²) in [7, 11) is 0. The van der Waals surface area contributed by atoms with E-state index in [0.29, 0.717) is 0 Å². The molecule has 1 nitrogen and oxygen atoms in total. The van der Waals surface area contributed by atoms with E-state index in [4.69, 9.17) is 0 Å². The van der Waals surface area contributed by atoms with Gasteiger partial charge in [0.2, 0.25) is 0 Å². The third kappa shape index (κ3) is 3.71. The van der Waals surface area contributed by atoms with Crippen LogP contribution in [0.1, 0.15) is 37.0 Å². The zero-order chi connectivity index (χ0) is 14.4. The second-order valence-corrected chi connectivity index (χ2v) is 5.38. The van der Waals surface area contributed by atoms with E-state index in [1.165, 1.54) is 40.7 Å². The van der Waals surface area contributed by atoms with E-state index in [-0.39, 0.29) is 0 Å². The molecule has 2 aromatic carbocycles. The Bertz CT molecular complexity index is 540. The van der Waals surface area contributed by atoms with Crippen LogP contribution in [0.3, 0.4) is 0 Å². The van der Waals surface area contributed by atoms with E-state index < -0.39 is 0 Å². The SMILES string of the molecule is CCCc1ccc(-c2ccc(CNCC)cc2C)cc1. The van der Waals surface area contributed by atoms with E-state index in [0.717, 1.165) is 13.1 Å². The molecule has 0 amide bonds. The van der Waals surface area contributed by atoms with Crippen molar-refractivity contribution in [2.24, 2.45) is 0 Å². The summed E-state index contributed by atoms with van der Waals surface area (Å²) < 4.78 is 0. The van der Waals surface area contributed by atoms with Crippen molar-refractivity contribution in [3.63, 3.8) is 0 Å². The Morgan fingerprint density at radius 2 is 1.60 bits per heavy atom. The van der Waals surface area contributed by atoms with Crippen LogP contribution in [0.15, 0.2) is 42.5 Å². The number of nitrogens with one attached hydrogen (secondary N) is 1. The molecule has 0 atom stereocenters. The first-order chi connectivity index (χ1) is 9.74. The molecule has 0 fully saturated rings. The minimum Gasteiger partial charge on any atom is -0.313 e. The lowest BCUT2D eigenvalue weighted by atomic mass is 9.97. The van der Waals surface area contributed by atoms with Gasteiger partial charge in [0.1, 0.15) is 0 Å². The molecule has 20 heavy (non-hydrogen) atoms. The van der Waals surface area contributed by atoms with Crippen LogP contribution in [0.4, 0.5) is 0 Å². The lowest BCUT2D eigenvalue weighted by Crippen LogP contribution is -2.11. The standard InChI is InChI=1S/C19H25N/c1-4-6-16-7-10-18(11-8-16)19-12-9-17(13-15(19)3)14-20-5-2/h7-13,20H,4-6,14H2,1-3H3. The third-order valence-corrected chi connectivity index (χ3v) is 3.67. The van der Waals surface area contributed by atoms with E-state index in [1.807, 2.05) is 0 Å². The number of aryl methyl sites for hydroxylation is 2. The van der Waals surface area contributed by atoms with Gasteiger partial charge >= 0.3 is 0 Å². The van der Waals surface area contributed by atoms with Gasteiger partial charge in [0.15, 0.2) is 0 Å². The van der Waals surface area contributed by atoms with Gasteiger partial charge in [0, 0.05) is 6.54 Å². The van der Waals surface area contributed by atoms with Crippen LogP contribution in [0.5, 0.6) is 0 Å². The summed E-state index contributed by atoms with van der Waals surface area (Å²) in [5.41, 5.74) is 6.79. The summed E-state index contributed by atoms with van der Waals surface area (Å²) in [5, 5.41) is 3.37. The van der Waals surface area contributed by atoms with Crippen LogP contribution in [0.2, 0.25) is 0 Å². The molecule has 0 aliphatic carbocycles. The highest BCUT2D eigenvalue weighted by atomic mass is 14.8. The van der Waals surface area contributed by atoms with Gasteiger partial charge < -0.3 is 5.32 Å². The fraction of sp³-hybridized carbons (Fsp3) is 0.368. The smallest absolute Gasteiger partial charge is 0.0205 e. The summed E-state index contributed by atoms with van der Waals surface area (Å²) >= 11 is 0. The molecule has 0 spiro atoms. The maximum atomic E-state index is 3.37. The Labute approximate surface area is 123 Å². The van der Waals surface area contributed by atoms with Crippen molar-refractivity contribution in [2.75, 3.05) is 6.54 Å². The molecule has 0 aliphatic heterocycles. The molecule has 1 N–H and O–H groups in total. The highest BCUT2D eigenvalue weighted by Gasteiger charge is 2.03. The van der Waals surface area contributed by atoms with Crippen LogP contribution in [-0.4, -0.2) is 6.54 Å². The predicted molar refractivity (Wildman–Crippen MR) is 88.0 cm³/mol. The van der Waals surface area contributed by atoms with E-state index >= 15 is 0 Å². The highest BCUT2D eigenvalue weighted by Crippen LogP contribution is 2.25. The largest absolute Gasteiger partial charge is 0.313 e. The molecule has 0 radical (unpaired) electrons. The molecule has 1 heteroatoms. The maximum absolute atomic E-state index is 3.37. The number of benzene rings is 2. The van der Waals surface area contributed by atoms with Crippen LogP contribution in [0.25, 0.3) is 11.1 Å². The van der Waals surface area contributed by atoms with Crippen LogP contribution in [-0.2, 0) is 13.0 Å². The normalized spacial score (nSPS) is 10.8. The van der Waals surface area contributed by atoms with E-state index in [9.17, 15) is 0 Å². The molecule has 0 bridgehead atoms. The molecule has 106 valence electrons. The lowest BCUT2D eigenvalue weighted by Gasteiger charge is -2.10. The topological polar surface area (TPSA) is 12.0 Å². The minimum atomic E-state index is 0.951. The van der Waals surface area contributed by atoms with Gasteiger partial charge in [0.25, 0.3) is 0 Å². The average molecular weight is 267 g/mol. The molecule has 2 rings (SSSR count). The first-order valence-corrected chi connectivity index (χ1v) is 7.64. The average Bonchev–Trinajstić information content (AvgIpc) is 2.47. The van der Waals surface area contributed by atoms with Crippen molar-refractivity contribution < 1.29 is 0 Å².